The summed E-state index contributed by atoms with van der Waals surface area (Å²) in [6, 6.07) is 4.25. The Balaban J connectivity index is 2.61. The second-order valence-corrected chi connectivity index (χ2v) is 3.94. The first-order valence-corrected chi connectivity index (χ1v) is 5.07. The first kappa shape index (κ1) is 11.7. The van der Waals surface area contributed by atoms with Gasteiger partial charge in [0.25, 0.3) is 0 Å². The third-order valence-electron chi connectivity index (χ3n) is 2.45. The number of aromatic nitrogens is 2. The summed E-state index contributed by atoms with van der Waals surface area (Å²) in [6.07, 6.45) is -1.41. The predicted molar refractivity (Wildman–Crippen MR) is 58.0 cm³/mol. The van der Waals surface area contributed by atoms with Crippen LogP contribution >= 0.6 is 0 Å². The van der Waals surface area contributed by atoms with Crippen molar-refractivity contribution >= 4 is 0 Å². The lowest BCUT2D eigenvalue weighted by Crippen LogP contribution is -2.10. The molecule has 2 aromatic rings. The Morgan fingerprint density at radius 1 is 1.18 bits per heavy atom. The number of halogens is 3. The van der Waals surface area contributed by atoms with E-state index < -0.39 is 11.7 Å². The molecule has 17 heavy (non-hydrogen) atoms. The van der Waals surface area contributed by atoms with Crippen LogP contribution in [0.5, 0.6) is 0 Å². The number of hydrogen-bond acceptors (Lipinski definition) is 1. The van der Waals surface area contributed by atoms with Crippen molar-refractivity contribution in [3.05, 3.63) is 47.5 Å². The summed E-state index contributed by atoms with van der Waals surface area (Å²) in [5.41, 5.74) is 0.718. The standard InChI is InChI=1S/C12H11F3N2/c1-8-3-4-11(10(5-8)12(13,14)15)17-6-9(2)16-7-17/h3-7H,1-2H3. The summed E-state index contributed by atoms with van der Waals surface area (Å²) in [7, 11) is 0. The van der Waals surface area contributed by atoms with E-state index in [0.717, 1.165) is 6.07 Å². The van der Waals surface area contributed by atoms with Crippen molar-refractivity contribution in [2.45, 2.75) is 20.0 Å². The quantitative estimate of drug-likeness (QED) is 0.745. The van der Waals surface area contributed by atoms with E-state index in [1.165, 1.54) is 17.0 Å². The predicted octanol–water partition coefficient (Wildman–Crippen LogP) is 3.51. The van der Waals surface area contributed by atoms with E-state index in [4.69, 9.17) is 0 Å². The van der Waals surface area contributed by atoms with Gasteiger partial charge in [0.2, 0.25) is 0 Å². The van der Waals surface area contributed by atoms with Crippen molar-refractivity contribution in [3.63, 3.8) is 0 Å². The summed E-state index contributed by atoms with van der Waals surface area (Å²) in [5, 5.41) is 0. The molecule has 0 bridgehead atoms. The van der Waals surface area contributed by atoms with Crippen molar-refractivity contribution < 1.29 is 13.2 Å². The maximum absolute atomic E-state index is 12.9. The Morgan fingerprint density at radius 2 is 1.88 bits per heavy atom. The molecule has 0 aliphatic rings. The smallest absolute Gasteiger partial charge is 0.305 e. The molecule has 5 heteroatoms. The second kappa shape index (κ2) is 3.91. The number of rotatable bonds is 1. The molecule has 0 unspecified atom stereocenters. The zero-order valence-corrected chi connectivity index (χ0v) is 9.42. The van der Waals surface area contributed by atoms with Crippen LogP contribution < -0.4 is 0 Å². The van der Waals surface area contributed by atoms with Crippen LogP contribution in [0, 0.1) is 13.8 Å². The molecule has 0 spiro atoms. The monoisotopic (exact) mass is 240 g/mol. The fourth-order valence-electron chi connectivity index (χ4n) is 1.66. The minimum Gasteiger partial charge on any atom is -0.305 e. The average molecular weight is 240 g/mol. The minimum absolute atomic E-state index is 0.101. The van der Waals surface area contributed by atoms with E-state index in [2.05, 4.69) is 4.98 Å². The van der Waals surface area contributed by atoms with Crippen LogP contribution in [0.25, 0.3) is 5.69 Å². The molecule has 0 saturated heterocycles. The molecule has 0 aliphatic heterocycles. The third-order valence-corrected chi connectivity index (χ3v) is 2.45. The highest BCUT2D eigenvalue weighted by atomic mass is 19.4. The van der Waals surface area contributed by atoms with Gasteiger partial charge in [-0.15, -0.1) is 0 Å². The zero-order valence-electron chi connectivity index (χ0n) is 9.42. The number of alkyl halides is 3. The molecule has 0 fully saturated rings. The number of imidazole rings is 1. The molecule has 2 rings (SSSR count). The maximum atomic E-state index is 12.9. The van der Waals surface area contributed by atoms with Gasteiger partial charge in [0.1, 0.15) is 0 Å². The van der Waals surface area contributed by atoms with Crippen molar-refractivity contribution in [2.75, 3.05) is 0 Å². The molecular weight excluding hydrogens is 229 g/mol. The molecule has 1 aromatic carbocycles. The second-order valence-electron chi connectivity index (χ2n) is 3.94. The van der Waals surface area contributed by atoms with Gasteiger partial charge in [-0.1, -0.05) is 11.6 Å². The van der Waals surface area contributed by atoms with Gasteiger partial charge in [-0.3, -0.25) is 0 Å². The van der Waals surface area contributed by atoms with Crippen molar-refractivity contribution in [3.8, 4) is 5.69 Å². The van der Waals surface area contributed by atoms with Crippen LogP contribution in [0.15, 0.2) is 30.7 Å². The van der Waals surface area contributed by atoms with Crippen LogP contribution in [-0.4, -0.2) is 9.55 Å². The molecule has 1 aromatic heterocycles. The highest BCUT2D eigenvalue weighted by Gasteiger charge is 2.34. The summed E-state index contributed by atoms with van der Waals surface area (Å²) >= 11 is 0. The maximum Gasteiger partial charge on any atom is 0.418 e. The summed E-state index contributed by atoms with van der Waals surface area (Å²) in [6.45, 7) is 3.37. The van der Waals surface area contributed by atoms with Crippen LogP contribution in [0.2, 0.25) is 0 Å². The molecule has 90 valence electrons. The fourth-order valence-corrected chi connectivity index (χ4v) is 1.66. The SMILES string of the molecule is Cc1ccc(-n2cnc(C)c2)c(C(F)(F)F)c1. The van der Waals surface area contributed by atoms with Crippen molar-refractivity contribution in [1.82, 2.24) is 9.55 Å². The summed E-state index contributed by atoms with van der Waals surface area (Å²) in [4.78, 5) is 3.93. The lowest BCUT2D eigenvalue weighted by Gasteiger charge is -2.13. The van der Waals surface area contributed by atoms with Gasteiger partial charge in [-0.25, -0.2) is 4.98 Å². The third kappa shape index (κ3) is 2.33. The van der Waals surface area contributed by atoms with Crippen LogP contribution in [0.4, 0.5) is 13.2 Å². The van der Waals surface area contributed by atoms with Crippen molar-refractivity contribution in [1.29, 1.82) is 0 Å². The Bertz CT molecular complexity index is 541. The fraction of sp³-hybridized carbons (Fsp3) is 0.250. The first-order chi connectivity index (χ1) is 7.88. The molecule has 1 heterocycles. The van der Waals surface area contributed by atoms with Gasteiger partial charge in [0.05, 0.1) is 23.3 Å². The van der Waals surface area contributed by atoms with Gasteiger partial charge < -0.3 is 4.57 Å². The molecule has 0 amide bonds. The first-order valence-electron chi connectivity index (χ1n) is 5.07. The number of nitrogens with zero attached hydrogens (tertiary/aromatic N) is 2. The molecule has 0 saturated carbocycles. The van der Waals surface area contributed by atoms with Crippen molar-refractivity contribution in [2.24, 2.45) is 0 Å². The van der Waals surface area contributed by atoms with Gasteiger partial charge >= 0.3 is 6.18 Å². The van der Waals surface area contributed by atoms with E-state index in [9.17, 15) is 13.2 Å². The highest BCUT2D eigenvalue weighted by molar-refractivity contribution is 5.45. The van der Waals surface area contributed by atoms with E-state index in [1.807, 2.05) is 0 Å². The Hall–Kier alpha value is -1.78. The van der Waals surface area contributed by atoms with Crippen LogP contribution in [-0.2, 0) is 6.18 Å². The number of aryl methyl sites for hydroxylation is 2. The molecule has 0 atom stereocenters. The summed E-state index contributed by atoms with van der Waals surface area (Å²) in [5.74, 6) is 0. The highest BCUT2D eigenvalue weighted by Crippen LogP contribution is 2.34. The molecular formula is C12H11F3N2. The lowest BCUT2D eigenvalue weighted by atomic mass is 10.1. The Labute approximate surface area is 96.7 Å². The Morgan fingerprint density at radius 3 is 2.41 bits per heavy atom. The topological polar surface area (TPSA) is 17.8 Å². The van der Waals surface area contributed by atoms with Gasteiger partial charge in [0, 0.05) is 6.20 Å². The van der Waals surface area contributed by atoms with Gasteiger partial charge in [-0.05, 0) is 26.0 Å². The van der Waals surface area contributed by atoms with E-state index in [0.29, 0.717) is 11.3 Å². The normalized spacial score (nSPS) is 11.8. The van der Waals surface area contributed by atoms with Gasteiger partial charge in [0.15, 0.2) is 0 Å². The summed E-state index contributed by atoms with van der Waals surface area (Å²) < 4.78 is 40.0. The minimum atomic E-state index is -4.36. The molecule has 0 aliphatic carbocycles. The Kier molecular flexibility index (Phi) is 2.69. The average Bonchev–Trinajstić information content (AvgIpc) is 2.63. The van der Waals surface area contributed by atoms with Gasteiger partial charge in [-0.2, -0.15) is 13.2 Å². The van der Waals surface area contributed by atoms with Crippen LogP contribution in [0.1, 0.15) is 16.8 Å². The molecule has 2 nitrogen and oxygen atoms in total. The van der Waals surface area contributed by atoms with E-state index >= 15 is 0 Å². The van der Waals surface area contributed by atoms with E-state index in [-0.39, 0.29) is 5.69 Å². The van der Waals surface area contributed by atoms with Crippen LogP contribution in [0.3, 0.4) is 0 Å². The number of hydrogen-bond donors (Lipinski definition) is 0. The largest absolute Gasteiger partial charge is 0.418 e. The lowest BCUT2D eigenvalue weighted by molar-refractivity contribution is -0.137. The zero-order chi connectivity index (χ0) is 12.6. The van der Waals surface area contributed by atoms with E-state index in [1.54, 1.807) is 26.1 Å². The molecule has 0 radical (unpaired) electrons. The molecule has 0 N–H and O–H groups in total. The number of benzene rings is 1.